The zero-order valence-corrected chi connectivity index (χ0v) is 18.2. The first-order valence-electron chi connectivity index (χ1n) is 10.4. The fraction of sp³-hybridized carbons (Fsp3) is 0.455. The van der Waals surface area contributed by atoms with E-state index in [0.29, 0.717) is 27.7 Å². The number of thiophene rings is 1. The Morgan fingerprint density at radius 3 is 2.56 bits per heavy atom. The van der Waals surface area contributed by atoms with Gasteiger partial charge in [-0.3, -0.25) is 4.90 Å². The van der Waals surface area contributed by atoms with Gasteiger partial charge in [-0.15, -0.1) is 11.3 Å². The van der Waals surface area contributed by atoms with Crippen LogP contribution in [0.1, 0.15) is 23.3 Å². The van der Waals surface area contributed by atoms with Crippen LogP contribution in [0.4, 0.5) is 23.4 Å². The van der Waals surface area contributed by atoms with Crippen LogP contribution < -0.4 is 10.1 Å². The maximum Gasteiger partial charge on any atom is 0.393 e. The molecule has 32 heavy (non-hydrogen) atoms. The molecule has 0 bridgehead atoms. The number of piperidine rings is 1. The standard InChI is InChI=1S/C22H24F4N4OS/c23-13-31-17-3-1-16(2-4-17)12-30-7-5-15(6-8-30)11-27-20-19-9-18(10-22(24,25)26)32-21(19)29-14-28-20/h1-4,9,14-15H,5-8,10-13H2,(H,27,28,29). The van der Waals surface area contributed by atoms with Gasteiger partial charge in [-0.25, -0.2) is 14.4 Å². The van der Waals surface area contributed by atoms with E-state index >= 15 is 0 Å². The molecule has 10 heteroatoms. The number of fused-ring (bicyclic) bond motifs is 1. The molecule has 0 aliphatic carbocycles. The van der Waals surface area contributed by atoms with Gasteiger partial charge in [-0.2, -0.15) is 13.2 Å². The summed E-state index contributed by atoms with van der Waals surface area (Å²) in [7, 11) is 0. The molecule has 1 aliphatic rings. The van der Waals surface area contributed by atoms with Crippen LogP contribution in [-0.2, 0) is 13.0 Å². The topological polar surface area (TPSA) is 50.3 Å². The molecular formula is C22H24F4N4OS. The number of likely N-dealkylation sites (tertiary alicyclic amines) is 1. The third-order valence-electron chi connectivity index (χ3n) is 5.57. The van der Waals surface area contributed by atoms with E-state index in [0.717, 1.165) is 55.9 Å². The van der Waals surface area contributed by atoms with Crippen molar-refractivity contribution in [3.8, 4) is 5.75 Å². The van der Waals surface area contributed by atoms with Gasteiger partial charge in [0.1, 0.15) is 22.7 Å². The van der Waals surface area contributed by atoms with Crippen molar-refractivity contribution < 1.29 is 22.3 Å². The number of benzene rings is 1. The van der Waals surface area contributed by atoms with E-state index in [9.17, 15) is 17.6 Å². The van der Waals surface area contributed by atoms with Gasteiger partial charge >= 0.3 is 6.18 Å². The first-order valence-corrected chi connectivity index (χ1v) is 11.3. The number of alkyl halides is 4. The summed E-state index contributed by atoms with van der Waals surface area (Å²) in [5.74, 6) is 1.58. The SMILES string of the molecule is FCOc1ccc(CN2CCC(CNc3ncnc4sc(CC(F)(F)F)cc34)CC2)cc1. The van der Waals surface area contributed by atoms with E-state index in [4.69, 9.17) is 4.74 Å². The van der Waals surface area contributed by atoms with Gasteiger partial charge in [0.05, 0.1) is 11.8 Å². The number of hydrogen-bond acceptors (Lipinski definition) is 6. The van der Waals surface area contributed by atoms with Crippen molar-refractivity contribution in [2.24, 2.45) is 5.92 Å². The first-order chi connectivity index (χ1) is 15.4. The summed E-state index contributed by atoms with van der Waals surface area (Å²) in [6.07, 6.45) is -1.75. The molecule has 3 heterocycles. The van der Waals surface area contributed by atoms with Gasteiger partial charge < -0.3 is 10.1 Å². The van der Waals surface area contributed by atoms with Gasteiger partial charge in [0.2, 0.25) is 6.86 Å². The average molecular weight is 469 g/mol. The van der Waals surface area contributed by atoms with E-state index in [1.165, 1.54) is 6.33 Å². The van der Waals surface area contributed by atoms with E-state index in [1.54, 1.807) is 18.2 Å². The highest BCUT2D eigenvalue weighted by Crippen LogP contribution is 2.32. The third kappa shape index (κ3) is 6.07. The second kappa shape index (κ2) is 9.99. The van der Waals surface area contributed by atoms with Crippen LogP contribution in [0.2, 0.25) is 0 Å². The molecule has 1 saturated heterocycles. The highest BCUT2D eigenvalue weighted by atomic mass is 32.1. The molecule has 172 valence electrons. The maximum absolute atomic E-state index is 12.7. The average Bonchev–Trinajstić information content (AvgIpc) is 3.16. The van der Waals surface area contributed by atoms with Crippen molar-refractivity contribution in [1.29, 1.82) is 0 Å². The molecule has 1 N–H and O–H groups in total. The van der Waals surface area contributed by atoms with Crippen molar-refractivity contribution in [3.05, 3.63) is 47.1 Å². The summed E-state index contributed by atoms with van der Waals surface area (Å²) < 4.78 is 55.2. The molecule has 0 saturated carbocycles. The Morgan fingerprint density at radius 1 is 1.12 bits per heavy atom. The lowest BCUT2D eigenvalue weighted by Crippen LogP contribution is -2.35. The van der Waals surface area contributed by atoms with Gasteiger partial charge in [0.25, 0.3) is 0 Å². The van der Waals surface area contributed by atoms with Crippen LogP contribution in [0.25, 0.3) is 10.2 Å². The van der Waals surface area contributed by atoms with Gasteiger partial charge in [0, 0.05) is 18.0 Å². The molecule has 5 nitrogen and oxygen atoms in total. The quantitative estimate of drug-likeness (QED) is 0.447. The summed E-state index contributed by atoms with van der Waals surface area (Å²) in [6, 6.07) is 9.00. The molecule has 2 aromatic heterocycles. The molecule has 1 aliphatic heterocycles. The molecule has 0 unspecified atom stereocenters. The van der Waals surface area contributed by atoms with E-state index in [-0.39, 0.29) is 4.88 Å². The number of halogens is 4. The normalized spacial score (nSPS) is 15.9. The lowest BCUT2D eigenvalue weighted by molar-refractivity contribution is -0.126. The Balaban J connectivity index is 1.28. The van der Waals surface area contributed by atoms with Crippen LogP contribution in [0.5, 0.6) is 5.75 Å². The summed E-state index contributed by atoms with van der Waals surface area (Å²) in [6.45, 7) is 2.65. The fourth-order valence-corrected chi connectivity index (χ4v) is 4.96. The highest BCUT2D eigenvalue weighted by molar-refractivity contribution is 7.18. The molecule has 0 radical (unpaired) electrons. The monoisotopic (exact) mass is 468 g/mol. The molecule has 0 spiro atoms. The molecular weight excluding hydrogens is 444 g/mol. The summed E-state index contributed by atoms with van der Waals surface area (Å²) >= 11 is 1.06. The minimum absolute atomic E-state index is 0.244. The summed E-state index contributed by atoms with van der Waals surface area (Å²) in [5.41, 5.74) is 1.16. The Hall–Kier alpha value is -2.46. The number of nitrogens with one attached hydrogen (secondary N) is 1. The second-order valence-corrected chi connectivity index (χ2v) is 9.06. The number of nitrogens with zero attached hydrogens (tertiary/aromatic N) is 3. The number of rotatable bonds is 8. The van der Waals surface area contributed by atoms with Crippen molar-refractivity contribution >= 4 is 27.4 Å². The second-order valence-electron chi connectivity index (χ2n) is 7.94. The van der Waals surface area contributed by atoms with Gasteiger partial charge in [0.15, 0.2) is 0 Å². The largest absolute Gasteiger partial charge is 0.463 e. The zero-order chi connectivity index (χ0) is 22.6. The predicted octanol–water partition coefficient (Wildman–Crippen LogP) is 5.43. The van der Waals surface area contributed by atoms with E-state index in [2.05, 4.69) is 20.2 Å². The molecule has 1 fully saturated rings. The zero-order valence-electron chi connectivity index (χ0n) is 17.4. The maximum atomic E-state index is 12.7. The van der Waals surface area contributed by atoms with Crippen LogP contribution >= 0.6 is 11.3 Å². The summed E-state index contributed by atoms with van der Waals surface area (Å²) in [4.78, 5) is 11.6. The minimum Gasteiger partial charge on any atom is -0.463 e. The molecule has 1 aromatic carbocycles. The van der Waals surface area contributed by atoms with E-state index < -0.39 is 19.5 Å². The predicted molar refractivity (Wildman–Crippen MR) is 117 cm³/mol. The van der Waals surface area contributed by atoms with Gasteiger partial charge in [-0.05, 0) is 55.6 Å². The Bertz CT molecular complexity index is 1020. The van der Waals surface area contributed by atoms with E-state index in [1.807, 2.05) is 12.1 Å². The molecule has 0 amide bonds. The molecule has 3 aromatic rings. The number of aromatic nitrogens is 2. The van der Waals surface area contributed by atoms with Crippen LogP contribution in [0, 0.1) is 5.92 Å². The Kier molecular flexibility index (Phi) is 7.10. The minimum atomic E-state index is -4.24. The Labute approximate surface area is 187 Å². The lowest BCUT2D eigenvalue weighted by atomic mass is 9.96. The van der Waals surface area contributed by atoms with Crippen LogP contribution in [-0.4, -0.2) is 47.5 Å². The first kappa shape index (κ1) is 22.7. The molecule has 4 rings (SSSR count). The highest BCUT2D eigenvalue weighted by Gasteiger charge is 2.29. The fourth-order valence-electron chi connectivity index (χ4n) is 3.93. The van der Waals surface area contributed by atoms with Crippen molar-refractivity contribution in [2.45, 2.75) is 32.0 Å². The molecule has 0 atom stereocenters. The number of anilines is 1. The van der Waals surface area contributed by atoms with Crippen LogP contribution in [0.15, 0.2) is 36.7 Å². The van der Waals surface area contributed by atoms with Crippen molar-refractivity contribution in [1.82, 2.24) is 14.9 Å². The van der Waals surface area contributed by atoms with Crippen molar-refractivity contribution in [3.63, 3.8) is 0 Å². The number of hydrogen-bond donors (Lipinski definition) is 1. The summed E-state index contributed by atoms with van der Waals surface area (Å²) in [5, 5.41) is 3.98. The lowest BCUT2D eigenvalue weighted by Gasteiger charge is -2.32. The van der Waals surface area contributed by atoms with Crippen LogP contribution in [0.3, 0.4) is 0 Å². The van der Waals surface area contributed by atoms with Gasteiger partial charge in [-0.1, -0.05) is 12.1 Å². The van der Waals surface area contributed by atoms with Crippen molar-refractivity contribution in [2.75, 3.05) is 31.8 Å². The Morgan fingerprint density at radius 2 is 1.88 bits per heavy atom. The number of ether oxygens (including phenoxy) is 1. The smallest absolute Gasteiger partial charge is 0.393 e. The third-order valence-corrected chi connectivity index (χ3v) is 6.61.